The number of carbonyl (C=O) groups excluding carboxylic acids is 3. The fraction of sp³-hybridized carbons (Fsp3) is 0.764. The van der Waals surface area contributed by atoms with Gasteiger partial charge < -0.3 is 109 Å². The average molecular weight is 1350 g/mol. The molecule has 0 aromatic heterocycles. The fourth-order valence-corrected chi connectivity index (χ4v) is 18.7. The zero-order valence-electron chi connectivity index (χ0n) is 56.4. The van der Waals surface area contributed by atoms with Crippen LogP contribution in [0.25, 0.3) is 0 Å². The van der Waals surface area contributed by atoms with E-state index in [-0.39, 0.29) is 36.7 Å². The topological polar surface area (TPSA) is 369 Å². The molecule has 5 aliphatic carbocycles. The molecule has 0 radical (unpaired) electrons. The number of aryl methyl sites for hydroxylation is 1. The minimum atomic E-state index is -1.90. The zero-order valence-corrected chi connectivity index (χ0v) is 56.4. The molecule has 12 N–H and O–H groups in total. The molecule has 8 fully saturated rings. The number of unbranched alkanes of at least 4 members (excludes halogenated alkanes) is 5. The third-order valence-electron chi connectivity index (χ3n) is 24.7. The van der Waals surface area contributed by atoms with Gasteiger partial charge in [0.1, 0.15) is 90.3 Å². The van der Waals surface area contributed by atoms with Crippen LogP contribution in [0, 0.1) is 50.2 Å². The Hall–Kier alpha value is -4.13. The molecule has 0 spiro atoms. The van der Waals surface area contributed by atoms with Gasteiger partial charge in [-0.3, -0.25) is 9.59 Å². The minimum Gasteiger partial charge on any atom is -0.457 e. The molecule has 96 heavy (non-hydrogen) atoms. The summed E-state index contributed by atoms with van der Waals surface area (Å²) in [6, 6.07) is 17.8. The number of esters is 1. The van der Waals surface area contributed by atoms with Gasteiger partial charge in [0.2, 0.25) is 6.29 Å². The van der Waals surface area contributed by atoms with Crippen LogP contribution in [0.4, 0.5) is 0 Å². The van der Waals surface area contributed by atoms with E-state index in [4.69, 9.17) is 42.6 Å². The van der Waals surface area contributed by atoms with Crippen LogP contribution in [-0.2, 0) is 58.7 Å². The van der Waals surface area contributed by atoms with Crippen LogP contribution >= 0.6 is 0 Å². The lowest BCUT2D eigenvalue weighted by Crippen LogP contribution is -2.69. The smallest absolute Gasteiger partial charge is 0.317 e. The van der Waals surface area contributed by atoms with Crippen molar-refractivity contribution in [2.24, 2.45) is 50.2 Å². The van der Waals surface area contributed by atoms with E-state index in [0.717, 1.165) is 61.9 Å². The van der Waals surface area contributed by atoms with E-state index in [9.17, 15) is 65.8 Å². The summed E-state index contributed by atoms with van der Waals surface area (Å²) >= 11 is 0. The van der Waals surface area contributed by atoms with Crippen molar-refractivity contribution in [2.75, 3.05) is 19.8 Å². The van der Waals surface area contributed by atoms with Crippen molar-refractivity contribution in [3.8, 4) is 11.5 Å². The molecule has 2 aromatic carbocycles. The largest absolute Gasteiger partial charge is 0.457 e. The van der Waals surface area contributed by atoms with E-state index in [1.54, 1.807) is 0 Å². The molecule has 4 saturated carbocycles. The van der Waals surface area contributed by atoms with Crippen molar-refractivity contribution >= 4 is 18.2 Å². The molecule has 28 atom stereocenters. The molecule has 24 heteroatoms. The Kier molecular flexibility index (Phi) is 22.1. The summed E-state index contributed by atoms with van der Waals surface area (Å²) in [7, 11) is 0. The number of allylic oxidation sites excluding steroid dienone is 2. The maximum Gasteiger partial charge on any atom is 0.317 e. The normalized spacial score (nSPS) is 45.2. The Balaban J connectivity index is 0.717. The molecule has 2 aromatic rings. The minimum absolute atomic E-state index is 0.0331. The first-order valence-corrected chi connectivity index (χ1v) is 35.0. The lowest BCUT2D eigenvalue weighted by atomic mass is 9.33. The molecule has 0 bridgehead atoms. The quantitative estimate of drug-likeness (QED) is 0.0277. The van der Waals surface area contributed by atoms with Gasteiger partial charge in [-0.1, -0.05) is 109 Å². The Labute approximate surface area is 561 Å². The summed E-state index contributed by atoms with van der Waals surface area (Å²) in [5.74, 6) is -0.677. The molecule has 536 valence electrons. The van der Waals surface area contributed by atoms with Crippen molar-refractivity contribution in [3.05, 3.63) is 71.8 Å². The Bertz CT molecular complexity index is 3010. The lowest BCUT2D eigenvalue weighted by molar-refractivity contribution is -0.369. The molecular formula is C72H105NO23. The molecule has 11 unspecified atom stereocenters. The number of para-hydroxylation sites is 1. The van der Waals surface area contributed by atoms with E-state index >= 15 is 4.79 Å². The van der Waals surface area contributed by atoms with E-state index in [2.05, 4.69) is 58.1 Å². The van der Waals surface area contributed by atoms with Crippen LogP contribution in [0.1, 0.15) is 150 Å². The van der Waals surface area contributed by atoms with Gasteiger partial charge in [-0.25, -0.2) is 0 Å². The number of rotatable bonds is 21. The van der Waals surface area contributed by atoms with Gasteiger partial charge in [-0.15, -0.1) is 0 Å². The van der Waals surface area contributed by atoms with Crippen molar-refractivity contribution in [3.63, 3.8) is 0 Å². The monoisotopic (exact) mass is 1350 g/mol. The Morgan fingerprint density at radius 2 is 1.23 bits per heavy atom. The number of aldehydes is 1. The number of amides is 1. The van der Waals surface area contributed by atoms with Crippen LogP contribution in [-0.4, -0.2) is 217 Å². The second-order valence-electron chi connectivity index (χ2n) is 31.0. The molecule has 11 rings (SSSR count). The average Bonchev–Trinajstić information content (AvgIpc) is 0.671. The van der Waals surface area contributed by atoms with Gasteiger partial charge in [0.05, 0.1) is 36.9 Å². The number of aliphatic hydroxyl groups excluding tert-OH is 11. The number of aliphatic hydroxyl groups is 11. The van der Waals surface area contributed by atoms with Crippen LogP contribution < -0.4 is 10.1 Å². The van der Waals surface area contributed by atoms with Crippen molar-refractivity contribution in [1.82, 2.24) is 5.32 Å². The van der Waals surface area contributed by atoms with Crippen molar-refractivity contribution < 1.29 is 113 Å². The van der Waals surface area contributed by atoms with Crippen molar-refractivity contribution in [2.45, 2.75) is 274 Å². The number of benzene rings is 2. The number of nitrogens with one attached hydrogen (secondary N) is 1. The van der Waals surface area contributed by atoms with Crippen LogP contribution in [0.3, 0.4) is 0 Å². The predicted octanol–water partition coefficient (Wildman–Crippen LogP) is 3.92. The van der Waals surface area contributed by atoms with Gasteiger partial charge in [0, 0.05) is 6.54 Å². The summed E-state index contributed by atoms with van der Waals surface area (Å²) in [4.78, 5) is 43.0. The molecule has 24 nitrogen and oxygen atoms in total. The Morgan fingerprint density at radius 3 is 1.94 bits per heavy atom. The standard InChI is InChI=1S/C72H105NO23/c1-38-58(93-62-55(83)50(78)44(75)35-88-62)54(82)57(85)63(90-38)95-60-51(79)45(76)36-89-65(60)96-66(87)72-31-30-67(2,3)33-43(72)42-24-25-47-68(4)28-27-49(69(5,37-74)46(68)26-29-70(47,6)71(42,7)34-48(72)77)92-64-56(84)52(80)53(81)59(94-64)61(86)73-32-16-11-9-8-10-13-17-39-20-22-41(23-21-39)91-40-18-14-12-15-19-40/h12,14-15,18-24,37-38,43-60,62-65,75-85H,8-11,13,16-17,25-36H2,1-7H3,(H,73,86)/t38?,43?,44-,45+,46-,47?,48?,49+,50+,51-,52+,53+,54-,55?,56?,57?,58+,59?,60?,62+,63+,64-,65+,68?,69-,70?,71-,72-/m1/s1. The third-order valence-corrected chi connectivity index (χ3v) is 24.7. The highest BCUT2D eigenvalue weighted by Gasteiger charge is 2.73. The summed E-state index contributed by atoms with van der Waals surface area (Å²) in [5, 5.41) is 125. The summed E-state index contributed by atoms with van der Waals surface area (Å²) < 4.78 is 53.9. The van der Waals surface area contributed by atoms with Gasteiger partial charge in [-0.05, 0) is 153 Å². The van der Waals surface area contributed by atoms with Gasteiger partial charge in [-0.2, -0.15) is 0 Å². The Morgan fingerprint density at radius 1 is 0.604 bits per heavy atom. The highest BCUT2D eigenvalue weighted by Crippen LogP contribution is 2.76. The fourth-order valence-electron chi connectivity index (χ4n) is 18.7. The van der Waals surface area contributed by atoms with Crippen LogP contribution in [0.5, 0.6) is 11.5 Å². The van der Waals surface area contributed by atoms with E-state index in [1.807, 2.05) is 49.4 Å². The number of hydrogen-bond acceptors (Lipinski definition) is 23. The van der Waals surface area contributed by atoms with E-state index in [1.165, 1.54) is 12.5 Å². The molecule has 4 aliphatic heterocycles. The molecule has 1 amide bonds. The third kappa shape index (κ3) is 13.7. The van der Waals surface area contributed by atoms with Crippen LogP contribution in [0.15, 0.2) is 66.2 Å². The van der Waals surface area contributed by atoms with Crippen LogP contribution in [0.2, 0.25) is 0 Å². The van der Waals surface area contributed by atoms with Crippen molar-refractivity contribution in [1.29, 1.82) is 0 Å². The first-order valence-electron chi connectivity index (χ1n) is 35.0. The number of carbonyl (C=O) groups is 3. The molecule has 4 heterocycles. The zero-order chi connectivity index (χ0) is 69.0. The first-order chi connectivity index (χ1) is 45.5. The second-order valence-corrected chi connectivity index (χ2v) is 31.0. The molecule has 9 aliphatic rings. The number of fused-ring (bicyclic) bond motifs is 7. The second kappa shape index (κ2) is 29.1. The van der Waals surface area contributed by atoms with E-state index in [0.29, 0.717) is 57.9 Å². The maximum atomic E-state index is 15.5. The number of hydrogen-bond donors (Lipinski definition) is 12. The predicted molar refractivity (Wildman–Crippen MR) is 341 cm³/mol. The van der Waals surface area contributed by atoms with Gasteiger partial charge in [0.15, 0.2) is 31.1 Å². The summed E-state index contributed by atoms with van der Waals surface area (Å²) in [5.41, 5.74) is -2.30. The molecular weight excluding hydrogens is 1250 g/mol. The molecule has 4 saturated heterocycles. The summed E-state index contributed by atoms with van der Waals surface area (Å²) in [6.45, 7) is 13.8. The highest BCUT2D eigenvalue weighted by molar-refractivity contribution is 5.82. The number of ether oxygens (including phenoxy) is 9. The first kappa shape index (κ1) is 73.1. The lowest BCUT2D eigenvalue weighted by Gasteiger charge is -2.71. The van der Waals surface area contributed by atoms with E-state index < -0.39 is 174 Å². The SMILES string of the molecule is CC1O[C@@H](OC2[C@H](OC(=O)[C@]34CCC(C)(C)CC3C3=CCC5C6(C)CC[C@H](O[C@@H]7OC(C(=O)NCCCCCCCCc8ccc(Oc9ccccc9)cc8)[C@@H](O)[C@H](O)C7O)[C@](C)(C=O)[C@@H]6CCC5(C)[C@]3(C)CC4O)OC[C@H](O)[C@H]2O)C(O)[C@@H](O)[C@H]1O[C@@H]1OC[C@@H](O)[C@H](O)C1O. The van der Waals surface area contributed by atoms with Gasteiger partial charge >= 0.3 is 5.97 Å². The maximum absolute atomic E-state index is 15.5. The van der Waals surface area contributed by atoms with Gasteiger partial charge in [0.25, 0.3) is 5.91 Å². The highest BCUT2D eigenvalue weighted by atomic mass is 16.8. The summed E-state index contributed by atoms with van der Waals surface area (Å²) in [6.07, 6.45) is -17.2.